The van der Waals surface area contributed by atoms with Gasteiger partial charge in [0.05, 0.1) is 5.52 Å². The van der Waals surface area contributed by atoms with Crippen molar-refractivity contribution in [1.29, 1.82) is 0 Å². The molecule has 26 heavy (non-hydrogen) atoms. The van der Waals surface area contributed by atoms with Gasteiger partial charge in [0.15, 0.2) is 5.54 Å². The second-order valence-electron chi connectivity index (χ2n) is 6.84. The van der Waals surface area contributed by atoms with Crippen LogP contribution in [0.2, 0.25) is 0 Å². The Kier molecular flexibility index (Phi) is 2.98. The third-order valence-corrected chi connectivity index (χ3v) is 5.25. The summed E-state index contributed by atoms with van der Waals surface area (Å²) >= 11 is 0. The van der Waals surface area contributed by atoms with Crippen LogP contribution >= 0.6 is 0 Å². The van der Waals surface area contributed by atoms with E-state index >= 15 is 0 Å². The number of ether oxygens (including phenoxy) is 1. The second kappa shape index (κ2) is 5.14. The lowest BCUT2D eigenvalue weighted by Crippen LogP contribution is -2.18. The summed E-state index contributed by atoms with van der Waals surface area (Å²) < 4.78 is 7.12. The van der Waals surface area contributed by atoms with Gasteiger partial charge in [0.1, 0.15) is 0 Å². The van der Waals surface area contributed by atoms with Crippen LogP contribution in [0.4, 0.5) is 0 Å². The van der Waals surface area contributed by atoms with E-state index in [1.807, 2.05) is 60.8 Å². The fraction of sp³-hybridized carbons (Fsp3) is 0.190. The first-order valence-electron chi connectivity index (χ1n) is 8.58. The molecule has 0 saturated heterocycles. The Morgan fingerprint density at radius 3 is 2.65 bits per heavy atom. The highest BCUT2D eigenvalue weighted by atomic mass is 16.6. The van der Waals surface area contributed by atoms with Crippen LogP contribution in [-0.2, 0) is 9.53 Å². The first-order chi connectivity index (χ1) is 12.6. The molecule has 2 aliphatic rings. The molecule has 1 aliphatic carbocycles. The van der Waals surface area contributed by atoms with Crippen LogP contribution in [0, 0.1) is 0 Å². The quantitative estimate of drug-likeness (QED) is 0.668. The van der Waals surface area contributed by atoms with Crippen molar-refractivity contribution in [2.75, 3.05) is 0 Å². The zero-order chi connectivity index (χ0) is 17.9. The molecule has 2 heterocycles. The molecule has 1 aromatic heterocycles. The summed E-state index contributed by atoms with van der Waals surface area (Å²) in [6, 6.07) is 17.2. The maximum atomic E-state index is 12.6. The Bertz CT molecular complexity index is 1100. The first kappa shape index (κ1) is 15.1. The molecule has 1 saturated carbocycles. The summed E-state index contributed by atoms with van der Waals surface area (Å²) in [4.78, 5) is 29.2. The van der Waals surface area contributed by atoms with E-state index in [2.05, 4.69) is 4.99 Å². The lowest BCUT2D eigenvalue weighted by molar-refractivity contribution is -0.136. The van der Waals surface area contributed by atoms with Crippen LogP contribution in [0.3, 0.4) is 0 Å². The largest absolute Gasteiger partial charge is 0.405 e. The number of aromatic nitrogens is 1. The molecule has 0 N–H and O–H groups in total. The summed E-state index contributed by atoms with van der Waals surface area (Å²) in [5.74, 6) is -0.0410. The van der Waals surface area contributed by atoms with Gasteiger partial charge < -0.3 is 4.74 Å². The van der Waals surface area contributed by atoms with Crippen molar-refractivity contribution in [3.63, 3.8) is 0 Å². The number of carbonyl (C=O) groups excluding carboxylic acids is 2. The minimum absolute atomic E-state index is 0.0513. The van der Waals surface area contributed by atoms with Crippen molar-refractivity contribution in [1.82, 2.24) is 4.57 Å². The third kappa shape index (κ3) is 2.00. The summed E-state index contributed by atoms with van der Waals surface area (Å²) in [5.41, 5.74) is 1.78. The number of cyclic esters (lactones) is 1. The molecule has 2 atom stereocenters. The van der Waals surface area contributed by atoms with Gasteiger partial charge >= 0.3 is 5.97 Å². The van der Waals surface area contributed by atoms with Crippen molar-refractivity contribution in [3.05, 3.63) is 71.9 Å². The minimum atomic E-state index is -0.850. The second-order valence-corrected chi connectivity index (χ2v) is 6.84. The molecule has 5 rings (SSSR count). The lowest BCUT2D eigenvalue weighted by Gasteiger charge is -2.01. The molecule has 0 amide bonds. The van der Waals surface area contributed by atoms with E-state index in [9.17, 15) is 9.59 Å². The molecule has 5 nitrogen and oxygen atoms in total. The van der Waals surface area contributed by atoms with E-state index in [0.29, 0.717) is 12.3 Å². The van der Waals surface area contributed by atoms with Gasteiger partial charge in [-0.2, -0.15) is 0 Å². The third-order valence-electron chi connectivity index (χ3n) is 5.25. The lowest BCUT2D eigenvalue weighted by atomic mass is 10.1. The highest BCUT2D eigenvalue weighted by Gasteiger charge is 2.66. The van der Waals surface area contributed by atoms with Gasteiger partial charge in [-0.1, -0.05) is 36.4 Å². The molecule has 5 heteroatoms. The number of carbonyl (C=O) groups is 2. The first-order valence-corrected chi connectivity index (χ1v) is 8.58. The minimum Gasteiger partial charge on any atom is -0.405 e. The maximum Gasteiger partial charge on any atom is 0.341 e. The van der Waals surface area contributed by atoms with Gasteiger partial charge in [-0.05, 0) is 30.2 Å². The van der Waals surface area contributed by atoms with E-state index < -0.39 is 5.54 Å². The molecule has 0 bridgehead atoms. The number of rotatable bonds is 2. The number of para-hydroxylation sites is 1. The van der Waals surface area contributed by atoms with E-state index in [-0.39, 0.29) is 17.8 Å². The number of benzene rings is 2. The topological polar surface area (TPSA) is 60.7 Å². The molecule has 2 aromatic carbocycles. The van der Waals surface area contributed by atoms with Crippen LogP contribution in [0.5, 0.6) is 0 Å². The Labute approximate surface area is 149 Å². The van der Waals surface area contributed by atoms with Gasteiger partial charge in [-0.25, -0.2) is 9.79 Å². The van der Waals surface area contributed by atoms with Crippen LogP contribution in [0.1, 0.15) is 35.2 Å². The predicted octanol–water partition coefficient (Wildman–Crippen LogP) is 3.53. The van der Waals surface area contributed by atoms with Gasteiger partial charge in [-0.3, -0.25) is 9.36 Å². The molecular formula is C21H16N2O3. The molecular weight excluding hydrogens is 328 g/mol. The number of fused-ring (bicyclic) bond motifs is 1. The molecule has 1 spiro atoms. The zero-order valence-corrected chi connectivity index (χ0v) is 14.2. The van der Waals surface area contributed by atoms with Crippen molar-refractivity contribution in [2.24, 2.45) is 4.99 Å². The van der Waals surface area contributed by atoms with Gasteiger partial charge in [0.2, 0.25) is 11.8 Å². The van der Waals surface area contributed by atoms with Crippen LogP contribution < -0.4 is 0 Å². The van der Waals surface area contributed by atoms with E-state index in [4.69, 9.17) is 4.74 Å². The monoisotopic (exact) mass is 344 g/mol. The van der Waals surface area contributed by atoms with Crippen molar-refractivity contribution in [3.8, 4) is 0 Å². The van der Waals surface area contributed by atoms with Crippen LogP contribution in [-0.4, -0.2) is 27.9 Å². The number of hydrogen-bond acceptors (Lipinski definition) is 4. The van der Waals surface area contributed by atoms with E-state index in [1.165, 1.54) is 6.92 Å². The highest BCUT2D eigenvalue weighted by molar-refractivity contribution is 6.10. The normalized spacial score (nSPS) is 24.0. The van der Waals surface area contributed by atoms with Gasteiger partial charge in [0, 0.05) is 30.0 Å². The molecule has 3 aromatic rings. The summed E-state index contributed by atoms with van der Waals surface area (Å²) in [6.07, 6.45) is 2.45. The Balaban J connectivity index is 1.58. The maximum absolute atomic E-state index is 12.6. The zero-order valence-electron chi connectivity index (χ0n) is 14.2. The molecule has 128 valence electrons. The molecule has 0 radical (unpaired) electrons. The number of hydrogen-bond donors (Lipinski definition) is 0. The fourth-order valence-electron chi connectivity index (χ4n) is 3.84. The Morgan fingerprint density at radius 1 is 1.15 bits per heavy atom. The Morgan fingerprint density at radius 2 is 1.88 bits per heavy atom. The predicted molar refractivity (Wildman–Crippen MR) is 97.4 cm³/mol. The molecule has 1 fully saturated rings. The smallest absolute Gasteiger partial charge is 0.341 e. The average molecular weight is 344 g/mol. The molecule has 2 unspecified atom stereocenters. The van der Waals surface area contributed by atoms with Gasteiger partial charge in [0.25, 0.3) is 0 Å². The standard InChI is InChI=1S/C21H16N2O3/c1-13(24)23-12-16(15-9-5-6-10-18(15)23)17-11-21(17)20(25)26-19(22-21)14-7-3-2-4-8-14/h2-10,12,17H,11H2,1H3. The number of nitrogens with zero attached hydrogens (tertiary/aromatic N) is 2. The SMILES string of the molecule is CC(=O)n1cc(C2CC23N=C(c2ccccc2)OC3=O)c2ccccc21. The van der Waals surface area contributed by atoms with Gasteiger partial charge in [-0.15, -0.1) is 0 Å². The van der Waals surface area contributed by atoms with E-state index in [0.717, 1.165) is 22.0 Å². The Hall–Kier alpha value is -3.21. The van der Waals surface area contributed by atoms with Crippen LogP contribution in [0.25, 0.3) is 10.9 Å². The van der Waals surface area contributed by atoms with Crippen molar-refractivity contribution >= 4 is 28.7 Å². The van der Waals surface area contributed by atoms with Crippen molar-refractivity contribution in [2.45, 2.75) is 24.8 Å². The van der Waals surface area contributed by atoms with Crippen LogP contribution in [0.15, 0.2) is 65.8 Å². The number of esters is 1. The highest BCUT2D eigenvalue weighted by Crippen LogP contribution is 2.58. The average Bonchev–Trinajstić information content (AvgIpc) is 3.09. The fourth-order valence-corrected chi connectivity index (χ4v) is 3.84. The van der Waals surface area contributed by atoms with E-state index in [1.54, 1.807) is 4.57 Å². The number of aliphatic imine (C=N–C) groups is 1. The summed E-state index contributed by atoms with van der Waals surface area (Å²) in [7, 11) is 0. The molecule has 1 aliphatic heterocycles. The summed E-state index contributed by atoms with van der Waals surface area (Å²) in [6.45, 7) is 1.54. The van der Waals surface area contributed by atoms with Crippen molar-refractivity contribution < 1.29 is 14.3 Å². The summed E-state index contributed by atoms with van der Waals surface area (Å²) in [5, 5.41) is 0.987.